The van der Waals surface area contributed by atoms with E-state index in [0.717, 1.165) is 0 Å². The van der Waals surface area contributed by atoms with E-state index in [1.165, 1.54) is 0 Å². The van der Waals surface area contributed by atoms with Crippen LogP contribution in [-0.2, 0) is 23.9 Å². The predicted molar refractivity (Wildman–Crippen MR) is 147 cm³/mol. The molecule has 17 heteroatoms. The van der Waals surface area contributed by atoms with Crippen LogP contribution in [0.4, 0.5) is 18.0 Å². The molecule has 2 aliphatic carbocycles. The van der Waals surface area contributed by atoms with Gasteiger partial charge in [-0.25, -0.2) is 9.79 Å². The first-order valence-electron chi connectivity index (χ1n) is 13.7. The number of guanidine groups is 1. The zero-order chi connectivity index (χ0) is 31.6. The molecule has 2 aliphatic rings. The van der Waals surface area contributed by atoms with Gasteiger partial charge in [0.2, 0.25) is 11.8 Å². The van der Waals surface area contributed by atoms with Crippen LogP contribution in [0.1, 0.15) is 52.4 Å². The lowest BCUT2D eigenvalue weighted by Gasteiger charge is -2.39. The molecule has 240 valence electrons. The molecule has 2 saturated carbocycles. The number of nitrogens with zero attached hydrogens (tertiary/aromatic N) is 1. The van der Waals surface area contributed by atoms with Gasteiger partial charge in [-0.1, -0.05) is 0 Å². The third kappa shape index (κ3) is 11.3. The van der Waals surface area contributed by atoms with Crippen molar-refractivity contribution >= 4 is 53.0 Å². The summed E-state index contributed by atoms with van der Waals surface area (Å²) in [4.78, 5) is 53.3. The average Bonchev–Trinajstić information content (AvgIpc) is 2.88. The summed E-state index contributed by atoms with van der Waals surface area (Å²) in [5.41, 5.74) is 5.63. The molecule has 0 spiro atoms. The van der Waals surface area contributed by atoms with E-state index in [2.05, 4.69) is 25.7 Å². The quantitative estimate of drug-likeness (QED) is 0.103. The highest BCUT2D eigenvalue weighted by atomic mass is 35.5. The number of aliphatic hydroxyl groups excluding tert-OH is 1. The fraction of sp³-hybridized carbons (Fsp3) is 0.800. The number of hydrogen-bond acceptors (Lipinski definition) is 8. The van der Waals surface area contributed by atoms with Crippen molar-refractivity contribution in [3.63, 3.8) is 0 Å². The van der Waals surface area contributed by atoms with Crippen molar-refractivity contribution < 1.29 is 46.9 Å². The summed E-state index contributed by atoms with van der Waals surface area (Å²) in [6.07, 6.45) is -7.42. The molecule has 3 amide bonds. The van der Waals surface area contributed by atoms with Gasteiger partial charge in [-0.3, -0.25) is 19.7 Å². The number of amides is 3. The summed E-state index contributed by atoms with van der Waals surface area (Å²) in [5, 5.41) is 16.5. The Bertz CT molecular complexity index is 991. The second-order valence-electron chi connectivity index (χ2n) is 10.3. The van der Waals surface area contributed by atoms with E-state index in [4.69, 9.17) is 33.7 Å². The van der Waals surface area contributed by atoms with E-state index in [9.17, 15) is 37.5 Å². The highest BCUT2D eigenvalue weighted by molar-refractivity contribution is 6.24. The Balaban J connectivity index is 2.07. The smallest absolute Gasteiger partial charge is 0.413 e. The maximum Gasteiger partial charge on any atom is 0.413 e. The SMILES string of the molecule is CCOC(=O)CC(NC(=O)CNC(=O)C1CC(N=C(N)NC(=O)OCC)CC(C(F)(F)F)C1)C1CC(Cl)CC(Cl)C1O. The van der Waals surface area contributed by atoms with E-state index < -0.39 is 102 Å². The number of alkyl halides is 5. The number of carbonyl (C=O) groups is 4. The third-order valence-electron chi connectivity index (χ3n) is 7.14. The first-order chi connectivity index (χ1) is 19.6. The molecule has 2 rings (SSSR count). The Hall–Kier alpha value is -2.52. The standard InChI is InChI=1S/C25H38Cl2F3N5O7/c1-3-41-20(37)10-18(16-8-14(26)9-17(27)21(16)38)34-19(36)11-32-22(39)12-5-13(25(28,29)30)7-15(6-12)33-23(31)35-24(40)42-4-2/h12-18,21,38H,3-11H2,1-2H3,(H,32,39)(H,34,36)(H3,31,33,35,40). The fourth-order valence-electron chi connectivity index (χ4n) is 5.24. The number of halogens is 5. The van der Waals surface area contributed by atoms with Crippen molar-refractivity contribution in [1.29, 1.82) is 0 Å². The lowest BCUT2D eigenvalue weighted by atomic mass is 9.78. The first kappa shape index (κ1) is 35.7. The number of aliphatic imine (C=N–C) groups is 1. The molecular formula is C25H38Cl2F3N5O7. The van der Waals surface area contributed by atoms with Crippen molar-refractivity contribution in [2.45, 2.75) is 87.5 Å². The molecule has 42 heavy (non-hydrogen) atoms. The number of nitrogens with two attached hydrogens (primary N) is 1. The second kappa shape index (κ2) is 16.4. The van der Waals surface area contributed by atoms with E-state index in [1.54, 1.807) is 13.8 Å². The van der Waals surface area contributed by atoms with Gasteiger partial charge in [-0.2, -0.15) is 13.2 Å². The lowest BCUT2D eigenvalue weighted by molar-refractivity contribution is -0.187. The zero-order valence-corrected chi connectivity index (χ0v) is 24.8. The van der Waals surface area contributed by atoms with Crippen molar-refractivity contribution in [1.82, 2.24) is 16.0 Å². The normalized spacial score (nSPS) is 29.1. The lowest BCUT2D eigenvalue weighted by Crippen LogP contribution is -2.53. The van der Waals surface area contributed by atoms with Gasteiger partial charge in [0.1, 0.15) is 0 Å². The van der Waals surface area contributed by atoms with Crippen LogP contribution in [0.2, 0.25) is 0 Å². The van der Waals surface area contributed by atoms with Crippen LogP contribution in [0.3, 0.4) is 0 Å². The van der Waals surface area contributed by atoms with E-state index in [-0.39, 0.29) is 32.5 Å². The topological polar surface area (TPSA) is 181 Å². The van der Waals surface area contributed by atoms with Crippen LogP contribution >= 0.6 is 23.2 Å². The molecule has 6 N–H and O–H groups in total. The summed E-state index contributed by atoms with van der Waals surface area (Å²) < 4.78 is 50.5. The minimum Gasteiger partial charge on any atom is -0.466 e. The number of hydrogen-bond donors (Lipinski definition) is 5. The van der Waals surface area contributed by atoms with Crippen LogP contribution in [0.5, 0.6) is 0 Å². The van der Waals surface area contributed by atoms with Gasteiger partial charge in [0.25, 0.3) is 0 Å². The molecule has 0 saturated heterocycles. The molecule has 0 aromatic carbocycles. The minimum atomic E-state index is -4.62. The van der Waals surface area contributed by atoms with Gasteiger partial charge in [-0.15, -0.1) is 23.2 Å². The Morgan fingerprint density at radius 2 is 1.71 bits per heavy atom. The van der Waals surface area contributed by atoms with Gasteiger partial charge in [-0.05, 0) is 46.0 Å². The first-order valence-corrected chi connectivity index (χ1v) is 14.5. The molecule has 0 aromatic rings. The van der Waals surface area contributed by atoms with Crippen molar-refractivity contribution in [2.75, 3.05) is 19.8 Å². The van der Waals surface area contributed by atoms with E-state index >= 15 is 0 Å². The maximum atomic E-state index is 13.6. The van der Waals surface area contributed by atoms with E-state index in [0.29, 0.717) is 6.42 Å². The Labute approximate surface area is 251 Å². The molecule has 8 atom stereocenters. The highest BCUT2D eigenvalue weighted by Gasteiger charge is 2.47. The van der Waals surface area contributed by atoms with Crippen molar-refractivity contribution in [2.24, 2.45) is 28.5 Å². The van der Waals surface area contributed by atoms with E-state index in [1.807, 2.05) is 0 Å². The molecule has 0 bridgehead atoms. The number of carbonyl (C=O) groups excluding carboxylic acids is 4. The summed E-state index contributed by atoms with van der Waals surface area (Å²) in [6.45, 7) is 2.68. The van der Waals surface area contributed by atoms with Gasteiger partial charge in [0.05, 0.1) is 49.6 Å². The number of ether oxygens (including phenoxy) is 2. The van der Waals surface area contributed by atoms with Crippen LogP contribution in [-0.4, -0.2) is 89.8 Å². The third-order valence-corrected chi connectivity index (χ3v) is 7.93. The summed E-state index contributed by atoms with van der Waals surface area (Å²) in [5.74, 6) is -6.35. The average molecular weight is 649 g/mol. The van der Waals surface area contributed by atoms with Crippen molar-refractivity contribution in [3.8, 4) is 0 Å². The summed E-state index contributed by atoms with van der Waals surface area (Å²) in [7, 11) is 0. The molecule has 12 nitrogen and oxygen atoms in total. The Kier molecular flexibility index (Phi) is 13.9. The molecular weight excluding hydrogens is 610 g/mol. The number of rotatable bonds is 10. The summed E-state index contributed by atoms with van der Waals surface area (Å²) in [6, 6.07) is -1.96. The molecule has 0 aliphatic heterocycles. The highest BCUT2D eigenvalue weighted by Crippen LogP contribution is 2.41. The van der Waals surface area contributed by atoms with Crippen LogP contribution < -0.4 is 21.7 Å². The molecule has 0 heterocycles. The van der Waals surface area contributed by atoms with Gasteiger partial charge in [0.15, 0.2) is 5.96 Å². The minimum absolute atomic E-state index is 0.0414. The van der Waals surface area contributed by atoms with Gasteiger partial charge >= 0.3 is 18.2 Å². The monoisotopic (exact) mass is 647 g/mol. The largest absolute Gasteiger partial charge is 0.466 e. The molecule has 2 fully saturated rings. The second-order valence-corrected chi connectivity index (χ2v) is 11.5. The molecule has 8 unspecified atom stereocenters. The van der Waals surface area contributed by atoms with Crippen LogP contribution in [0, 0.1) is 17.8 Å². The van der Waals surface area contributed by atoms with Crippen LogP contribution in [0.15, 0.2) is 4.99 Å². The van der Waals surface area contributed by atoms with Gasteiger partial charge in [0, 0.05) is 23.3 Å². The van der Waals surface area contributed by atoms with Crippen LogP contribution in [0.25, 0.3) is 0 Å². The molecule has 0 radical (unpaired) electrons. The Morgan fingerprint density at radius 1 is 1.05 bits per heavy atom. The number of aliphatic hydroxyl groups is 1. The van der Waals surface area contributed by atoms with Crippen molar-refractivity contribution in [3.05, 3.63) is 0 Å². The number of esters is 1. The number of nitrogens with one attached hydrogen (secondary N) is 3. The van der Waals surface area contributed by atoms with Gasteiger partial charge < -0.3 is 30.9 Å². The Morgan fingerprint density at radius 3 is 2.33 bits per heavy atom. The zero-order valence-electron chi connectivity index (χ0n) is 23.3. The summed E-state index contributed by atoms with van der Waals surface area (Å²) >= 11 is 12.5. The predicted octanol–water partition coefficient (Wildman–Crippen LogP) is 1.93. The fourth-order valence-corrected chi connectivity index (χ4v) is 6.13. The maximum absolute atomic E-state index is 13.6. The molecule has 0 aromatic heterocycles. The number of alkyl carbamates (subject to hydrolysis) is 1.